The molecule has 0 bridgehead atoms. The van der Waals surface area contributed by atoms with Gasteiger partial charge >= 0.3 is 0 Å². The van der Waals surface area contributed by atoms with Crippen molar-refractivity contribution in [3.05, 3.63) is 57.5 Å². The predicted octanol–water partition coefficient (Wildman–Crippen LogP) is 5.79. The molecule has 0 amide bonds. The van der Waals surface area contributed by atoms with E-state index in [4.69, 9.17) is 16.3 Å². The average Bonchev–Trinajstić information content (AvgIpc) is 2.32. The van der Waals surface area contributed by atoms with Gasteiger partial charge in [-0.2, -0.15) is 0 Å². The first-order valence-corrected chi connectivity index (χ1v) is 7.26. The van der Waals surface area contributed by atoms with Crippen molar-refractivity contribution in [2.24, 2.45) is 0 Å². The number of benzene rings is 2. The summed E-state index contributed by atoms with van der Waals surface area (Å²) in [6.45, 7) is 0. The molecule has 0 aliphatic rings. The third-order valence-corrected chi connectivity index (χ3v) is 3.61. The van der Waals surface area contributed by atoms with E-state index in [0.717, 1.165) is 21.1 Å². The molecule has 0 fully saturated rings. The summed E-state index contributed by atoms with van der Waals surface area (Å²) in [4.78, 5) is 0. The molecule has 0 atom stereocenters. The van der Waals surface area contributed by atoms with Gasteiger partial charge in [0, 0.05) is 9.80 Å². The fourth-order valence-corrected chi connectivity index (χ4v) is 2.34. The number of alkyl halides is 1. The first kappa shape index (κ1) is 12.9. The lowest BCUT2D eigenvalue weighted by molar-refractivity contribution is 0.482. The zero-order chi connectivity index (χ0) is 12.3. The minimum absolute atomic E-state index is 0.613. The van der Waals surface area contributed by atoms with Gasteiger partial charge < -0.3 is 4.74 Å². The summed E-state index contributed by atoms with van der Waals surface area (Å²) >= 11 is 12.9. The molecule has 0 spiro atoms. The maximum Gasteiger partial charge on any atom is 0.146 e. The summed E-state index contributed by atoms with van der Waals surface area (Å²) in [7, 11) is 0. The molecule has 0 saturated heterocycles. The quantitative estimate of drug-likeness (QED) is 0.616. The van der Waals surface area contributed by atoms with Crippen LogP contribution in [0.25, 0.3) is 0 Å². The van der Waals surface area contributed by atoms with Gasteiger partial charge in [0.25, 0.3) is 0 Å². The van der Waals surface area contributed by atoms with E-state index in [1.54, 1.807) is 0 Å². The van der Waals surface area contributed by atoms with Crippen molar-refractivity contribution in [3.63, 3.8) is 0 Å². The molecule has 0 aliphatic carbocycles. The highest BCUT2D eigenvalue weighted by Gasteiger charge is 2.04. The first-order valence-electron chi connectivity index (χ1n) is 4.97. The fourth-order valence-electron chi connectivity index (χ4n) is 1.37. The third kappa shape index (κ3) is 3.47. The molecule has 17 heavy (non-hydrogen) atoms. The second-order valence-corrected chi connectivity index (χ2v) is 5.34. The van der Waals surface area contributed by atoms with Crippen LogP contribution in [-0.2, 0) is 5.33 Å². The van der Waals surface area contributed by atoms with E-state index in [1.165, 1.54) is 0 Å². The monoisotopic (exact) mass is 374 g/mol. The van der Waals surface area contributed by atoms with Crippen LogP contribution in [0.4, 0.5) is 0 Å². The second kappa shape index (κ2) is 5.89. The van der Waals surface area contributed by atoms with Crippen molar-refractivity contribution in [1.82, 2.24) is 0 Å². The van der Waals surface area contributed by atoms with E-state index < -0.39 is 0 Å². The fraction of sp³-hybridized carbons (Fsp3) is 0.0769. The molecule has 2 rings (SSSR count). The lowest BCUT2D eigenvalue weighted by Crippen LogP contribution is -1.86. The molecule has 0 N–H and O–H groups in total. The van der Waals surface area contributed by atoms with Gasteiger partial charge in [-0.25, -0.2) is 0 Å². The van der Waals surface area contributed by atoms with Crippen LogP contribution >= 0.6 is 43.5 Å². The molecule has 0 heterocycles. The summed E-state index contributed by atoms with van der Waals surface area (Å²) in [6, 6.07) is 13.4. The Bertz CT molecular complexity index is 529. The molecule has 0 aromatic heterocycles. The van der Waals surface area contributed by atoms with Gasteiger partial charge in [0.1, 0.15) is 11.5 Å². The van der Waals surface area contributed by atoms with E-state index in [2.05, 4.69) is 31.9 Å². The molecule has 0 unspecified atom stereocenters. The van der Waals surface area contributed by atoms with Gasteiger partial charge in [-0.3, -0.25) is 0 Å². The van der Waals surface area contributed by atoms with Crippen LogP contribution in [0.5, 0.6) is 11.5 Å². The summed E-state index contributed by atoms with van der Waals surface area (Å²) in [5.74, 6) is 1.42. The maximum absolute atomic E-state index is 6.14. The first-order chi connectivity index (χ1) is 8.19. The Kier molecular flexibility index (Phi) is 4.48. The lowest BCUT2D eigenvalue weighted by Gasteiger charge is -2.08. The molecule has 0 aliphatic heterocycles. The topological polar surface area (TPSA) is 9.23 Å². The molecule has 0 radical (unpaired) electrons. The average molecular weight is 376 g/mol. The zero-order valence-electron chi connectivity index (χ0n) is 8.79. The number of hydrogen-bond donors (Lipinski definition) is 0. The summed E-state index contributed by atoms with van der Waals surface area (Å²) < 4.78 is 6.69. The Balaban J connectivity index is 2.24. The van der Waals surface area contributed by atoms with Crippen LogP contribution in [0.15, 0.2) is 46.9 Å². The minimum atomic E-state index is 0.613. The van der Waals surface area contributed by atoms with Crippen LogP contribution in [0.3, 0.4) is 0 Å². The summed E-state index contributed by atoms with van der Waals surface area (Å²) in [6.07, 6.45) is 0. The molecule has 0 saturated carbocycles. The van der Waals surface area contributed by atoms with Crippen molar-refractivity contribution in [2.75, 3.05) is 0 Å². The van der Waals surface area contributed by atoms with E-state index in [-0.39, 0.29) is 0 Å². The molecule has 2 aromatic rings. The highest BCUT2D eigenvalue weighted by molar-refractivity contribution is 9.10. The van der Waals surface area contributed by atoms with Crippen LogP contribution in [0, 0.1) is 0 Å². The lowest BCUT2D eigenvalue weighted by atomic mass is 10.2. The van der Waals surface area contributed by atoms with Crippen LogP contribution < -0.4 is 4.74 Å². The Labute approximate surface area is 122 Å². The third-order valence-electron chi connectivity index (χ3n) is 2.17. The molecule has 4 heteroatoms. The highest BCUT2D eigenvalue weighted by atomic mass is 79.9. The molecule has 2 aromatic carbocycles. The number of halogens is 3. The maximum atomic E-state index is 6.14. The van der Waals surface area contributed by atoms with Gasteiger partial charge in [-0.1, -0.05) is 55.6 Å². The molecule has 1 nitrogen and oxygen atoms in total. The Morgan fingerprint density at radius 1 is 1.12 bits per heavy atom. The van der Waals surface area contributed by atoms with Crippen molar-refractivity contribution >= 4 is 43.5 Å². The van der Waals surface area contributed by atoms with Crippen molar-refractivity contribution in [1.29, 1.82) is 0 Å². The Hall–Kier alpha value is -0.510. The van der Waals surface area contributed by atoms with E-state index in [1.807, 2.05) is 42.5 Å². The van der Waals surface area contributed by atoms with Gasteiger partial charge in [0.15, 0.2) is 0 Å². The highest BCUT2D eigenvalue weighted by Crippen LogP contribution is 2.31. The van der Waals surface area contributed by atoms with E-state index >= 15 is 0 Å². The van der Waals surface area contributed by atoms with Gasteiger partial charge in [-0.05, 0) is 35.9 Å². The second-order valence-electron chi connectivity index (χ2n) is 3.46. The van der Waals surface area contributed by atoms with Crippen molar-refractivity contribution in [2.45, 2.75) is 5.33 Å². The smallest absolute Gasteiger partial charge is 0.146 e. The molecule has 88 valence electrons. The SMILES string of the molecule is Clc1cc(CBr)ccc1Oc1cccc(Br)c1. The zero-order valence-corrected chi connectivity index (χ0v) is 12.7. The van der Waals surface area contributed by atoms with Crippen molar-refractivity contribution in [3.8, 4) is 11.5 Å². The van der Waals surface area contributed by atoms with Gasteiger partial charge in [-0.15, -0.1) is 0 Å². The number of ether oxygens (including phenoxy) is 1. The Morgan fingerprint density at radius 3 is 2.59 bits per heavy atom. The largest absolute Gasteiger partial charge is 0.456 e. The van der Waals surface area contributed by atoms with E-state index in [9.17, 15) is 0 Å². The van der Waals surface area contributed by atoms with Crippen molar-refractivity contribution < 1.29 is 4.74 Å². The normalized spacial score (nSPS) is 10.3. The molecular weight excluding hydrogens is 367 g/mol. The van der Waals surface area contributed by atoms with Crippen LogP contribution in [0.1, 0.15) is 5.56 Å². The molecular formula is C13H9Br2ClO. The Morgan fingerprint density at radius 2 is 1.94 bits per heavy atom. The predicted molar refractivity (Wildman–Crippen MR) is 78.3 cm³/mol. The number of rotatable bonds is 3. The minimum Gasteiger partial charge on any atom is -0.456 e. The standard InChI is InChI=1S/C13H9Br2ClO/c14-8-9-4-5-13(12(16)6-9)17-11-3-1-2-10(15)7-11/h1-7H,8H2. The van der Waals surface area contributed by atoms with Crippen LogP contribution in [0.2, 0.25) is 5.02 Å². The van der Waals surface area contributed by atoms with E-state index in [0.29, 0.717) is 10.8 Å². The van der Waals surface area contributed by atoms with Gasteiger partial charge in [0.2, 0.25) is 0 Å². The van der Waals surface area contributed by atoms with Gasteiger partial charge in [0.05, 0.1) is 5.02 Å². The summed E-state index contributed by atoms with van der Waals surface area (Å²) in [5, 5.41) is 1.39. The van der Waals surface area contributed by atoms with Crippen LogP contribution in [-0.4, -0.2) is 0 Å². The summed E-state index contributed by atoms with van der Waals surface area (Å²) in [5.41, 5.74) is 1.12. The number of hydrogen-bond acceptors (Lipinski definition) is 1.